The van der Waals surface area contributed by atoms with Crippen molar-refractivity contribution in [3.63, 3.8) is 0 Å². The topological polar surface area (TPSA) is 25.2 Å². The zero-order chi connectivity index (χ0) is 13.1. The van der Waals surface area contributed by atoms with Gasteiger partial charge in [0.15, 0.2) is 0 Å². The highest BCUT2D eigenvalue weighted by molar-refractivity contribution is 6.30. The molecular formula is C16H11ClN2. The summed E-state index contributed by atoms with van der Waals surface area (Å²) in [4.78, 5) is 8.80. The predicted octanol–water partition coefficient (Wildman–Crippen LogP) is 4.64. The second kappa shape index (κ2) is 5.21. The maximum atomic E-state index is 5.84. The average Bonchev–Trinajstić information content (AvgIpc) is 2.46. The van der Waals surface area contributed by atoms with Crippen molar-refractivity contribution in [1.29, 1.82) is 0 Å². The number of halogens is 1. The summed E-state index contributed by atoms with van der Waals surface area (Å²) in [5.74, 6) is 0. The van der Waals surface area contributed by atoms with Gasteiger partial charge in [-0.3, -0.25) is 9.98 Å². The van der Waals surface area contributed by atoms with Gasteiger partial charge in [-0.15, -0.1) is 0 Å². The van der Waals surface area contributed by atoms with Crippen LogP contribution < -0.4 is 0 Å². The Hall–Kier alpha value is -2.19. The molecule has 2 aromatic carbocycles. The molecule has 3 aromatic rings. The van der Waals surface area contributed by atoms with E-state index < -0.39 is 0 Å². The molecule has 1 aromatic heterocycles. The van der Waals surface area contributed by atoms with Crippen molar-refractivity contribution in [2.24, 2.45) is 4.99 Å². The largest absolute Gasteiger partial charge is 0.255 e. The lowest BCUT2D eigenvalue weighted by molar-refractivity contribution is 1.38. The number of para-hydroxylation sites is 1. The van der Waals surface area contributed by atoms with Gasteiger partial charge in [0.1, 0.15) is 0 Å². The first-order chi connectivity index (χ1) is 9.31. The molecule has 0 atom stereocenters. The maximum absolute atomic E-state index is 5.84. The van der Waals surface area contributed by atoms with Crippen LogP contribution in [0.15, 0.2) is 65.8 Å². The second-order valence-corrected chi connectivity index (χ2v) is 4.63. The first kappa shape index (κ1) is 11.9. The first-order valence-electron chi connectivity index (χ1n) is 5.96. The van der Waals surface area contributed by atoms with E-state index in [0.29, 0.717) is 0 Å². The third-order valence-electron chi connectivity index (χ3n) is 2.81. The summed E-state index contributed by atoms with van der Waals surface area (Å²) in [6.07, 6.45) is 3.58. The van der Waals surface area contributed by atoms with Gasteiger partial charge in [-0.1, -0.05) is 41.9 Å². The Morgan fingerprint density at radius 1 is 1.00 bits per heavy atom. The van der Waals surface area contributed by atoms with Crippen LogP contribution in [0.2, 0.25) is 5.02 Å². The molecule has 19 heavy (non-hydrogen) atoms. The maximum Gasteiger partial charge on any atom is 0.0819 e. The summed E-state index contributed by atoms with van der Waals surface area (Å²) in [6.45, 7) is 0. The van der Waals surface area contributed by atoms with Crippen LogP contribution in [0.5, 0.6) is 0 Å². The molecule has 0 saturated carbocycles. The molecule has 3 heteroatoms. The molecule has 0 amide bonds. The molecule has 0 N–H and O–H groups in total. The smallest absolute Gasteiger partial charge is 0.0819 e. The van der Waals surface area contributed by atoms with Crippen molar-refractivity contribution in [2.75, 3.05) is 0 Å². The Labute approximate surface area is 116 Å². The number of benzene rings is 2. The van der Waals surface area contributed by atoms with Crippen molar-refractivity contribution in [3.05, 3.63) is 71.4 Å². The molecule has 0 aliphatic rings. The van der Waals surface area contributed by atoms with Crippen molar-refractivity contribution in [3.8, 4) is 0 Å². The number of aliphatic imine (C=N–C) groups is 1. The van der Waals surface area contributed by atoms with E-state index in [9.17, 15) is 0 Å². The van der Waals surface area contributed by atoms with Gasteiger partial charge in [0.2, 0.25) is 0 Å². The van der Waals surface area contributed by atoms with Crippen LogP contribution in [-0.4, -0.2) is 11.2 Å². The zero-order valence-electron chi connectivity index (χ0n) is 10.1. The number of nitrogens with zero attached hydrogens (tertiary/aromatic N) is 2. The van der Waals surface area contributed by atoms with Crippen molar-refractivity contribution in [1.82, 2.24) is 4.98 Å². The number of hydrogen-bond acceptors (Lipinski definition) is 2. The summed E-state index contributed by atoms with van der Waals surface area (Å²) >= 11 is 5.84. The first-order valence-corrected chi connectivity index (χ1v) is 6.33. The van der Waals surface area contributed by atoms with Gasteiger partial charge in [-0.2, -0.15) is 0 Å². The minimum Gasteiger partial charge on any atom is -0.255 e. The van der Waals surface area contributed by atoms with Crippen molar-refractivity contribution in [2.45, 2.75) is 0 Å². The molecule has 0 bridgehead atoms. The van der Waals surface area contributed by atoms with E-state index in [2.05, 4.69) is 9.98 Å². The monoisotopic (exact) mass is 266 g/mol. The van der Waals surface area contributed by atoms with Crippen molar-refractivity contribution >= 4 is 34.4 Å². The molecule has 92 valence electrons. The summed E-state index contributed by atoms with van der Waals surface area (Å²) in [7, 11) is 0. The highest BCUT2D eigenvalue weighted by atomic mass is 35.5. The minimum atomic E-state index is 0.726. The van der Waals surface area contributed by atoms with E-state index in [1.165, 1.54) is 0 Å². The van der Waals surface area contributed by atoms with Gasteiger partial charge in [-0.25, -0.2) is 0 Å². The highest BCUT2D eigenvalue weighted by Gasteiger charge is 1.95. The fourth-order valence-electron chi connectivity index (χ4n) is 1.83. The molecule has 0 fully saturated rings. The molecule has 0 unspecified atom stereocenters. The molecule has 0 spiro atoms. The van der Waals surface area contributed by atoms with Crippen LogP contribution in [0.1, 0.15) is 5.56 Å². The number of aromatic nitrogens is 1. The van der Waals surface area contributed by atoms with Crippen LogP contribution in [-0.2, 0) is 0 Å². The van der Waals surface area contributed by atoms with Gasteiger partial charge in [0.25, 0.3) is 0 Å². The minimum absolute atomic E-state index is 0.726. The molecule has 0 radical (unpaired) electrons. The Morgan fingerprint density at radius 2 is 1.79 bits per heavy atom. The van der Waals surface area contributed by atoms with E-state index in [0.717, 1.165) is 27.2 Å². The predicted molar refractivity (Wildman–Crippen MR) is 80.4 cm³/mol. The summed E-state index contributed by atoms with van der Waals surface area (Å²) in [6, 6.07) is 17.6. The van der Waals surface area contributed by atoms with Crippen LogP contribution in [0.3, 0.4) is 0 Å². The number of pyridine rings is 1. The normalized spacial score (nSPS) is 11.2. The third kappa shape index (κ3) is 2.80. The molecule has 0 aliphatic carbocycles. The molecule has 0 aliphatic heterocycles. The van der Waals surface area contributed by atoms with Crippen LogP contribution in [0.25, 0.3) is 10.9 Å². The van der Waals surface area contributed by atoms with Gasteiger partial charge in [0.05, 0.1) is 17.4 Å². The molecular weight excluding hydrogens is 256 g/mol. The van der Waals surface area contributed by atoms with E-state index >= 15 is 0 Å². The van der Waals surface area contributed by atoms with Crippen LogP contribution in [0.4, 0.5) is 5.69 Å². The summed E-state index contributed by atoms with van der Waals surface area (Å²) in [5, 5.41) is 1.82. The van der Waals surface area contributed by atoms with E-state index in [-0.39, 0.29) is 0 Å². The van der Waals surface area contributed by atoms with Gasteiger partial charge in [0, 0.05) is 16.6 Å². The lowest BCUT2D eigenvalue weighted by atomic mass is 10.2. The van der Waals surface area contributed by atoms with E-state index in [4.69, 9.17) is 11.6 Å². The van der Waals surface area contributed by atoms with E-state index in [1.807, 2.05) is 60.8 Å². The fraction of sp³-hybridized carbons (Fsp3) is 0. The number of fused-ring (bicyclic) bond motifs is 1. The second-order valence-electron chi connectivity index (χ2n) is 4.20. The number of rotatable bonds is 2. The SMILES string of the molecule is Clc1ccc(C=Nc2cnc3ccccc3c2)cc1. The van der Waals surface area contributed by atoms with Gasteiger partial charge in [-0.05, 0) is 29.8 Å². The quantitative estimate of drug-likeness (QED) is 0.621. The Kier molecular flexibility index (Phi) is 3.25. The lowest BCUT2D eigenvalue weighted by Gasteiger charge is -1.98. The van der Waals surface area contributed by atoms with Crippen molar-refractivity contribution < 1.29 is 0 Å². The Bertz CT molecular complexity index is 733. The van der Waals surface area contributed by atoms with Crippen LogP contribution in [0, 0.1) is 0 Å². The Morgan fingerprint density at radius 3 is 2.63 bits per heavy atom. The lowest BCUT2D eigenvalue weighted by Crippen LogP contribution is -1.81. The van der Waals surface area contributed by atoms with E-state index in [1.54, 1.807) is 6.20 Å². The number of hydrogen-bond donors (Lipinski definition) is 0. The molecule has 3 rings (SSSR count). The third-order valence-corrected chi connectivity index (χ3v) is 3.06. The Balaban J connectivity index is 1.90. The van der Waals surface area contributed by atoms with Gasteiger partial charge < -0.3 is 0 Å². The zero-order valence-corrected chi connectivity index (χ0v) is 10.9. The summed E-state index contributed by atoms with van der Waals surface area (Å²) in [5.41, 5.74) is 2.83. The fourth-order valence-corrected chi connectivity index (χ4v) is 1.95. The highest BCUT2D eigenvalue weighted by Crippen LogP contribution is 2.18. The summed E-state index contributed by atoms with van der Waals surface area (Å²) < 4.78 is 0. The standard InChI is InChI=1S/C16H11ClN2/c17-14-7-5-12(6-8-14)10-18-15-9-13-3-1-2-4-16(13)19-11-15/h1-11H. The van der Waals surface area contributed by atoms with Gasteiger partial charge >= 0.3 is 0 Å². The molecule has 1 heterocycles. The average molecular weight is 267 g/mol. The molecule has 0 saturated heterocycles. The molecule has 2 nitrogen and oxygen atoms in total. The van der Waals surface area contributed by atoms with Crippen LogP contribution >= 0.6 is 11.6 Å².